The molecule has 0 spiro atoms. The average molecular weight is 368 g/mol. The summed E-state index contributed by atoms with van der Waals surface area (Å²) in [6.45, 7) is -0.0654. The molecule has 1 amide bonds. The second-order valence-corrected chi connectivity index (χ2v) is 5.34. The van der Waals surface area contributed by atoms with Gasteiger partial charge in [0.2, 0.25) is 0 Å². The molecule has 0 aliphatic rings. The quantitative estimate of drug-likeness (QED) is 0.803. The van der Waals surface area contributed by atoms with E-state index in [-0.39, 0.29) is 23.7 Å². The van der Waals surface area contributed by atoms with Crippen molar-refractivity contribution >= 4 is 17.7 Å². The first-order valence-electron chi connectivity index (χ1n) is 7.16. The first-order valence-corrected chi connectivity index (χ1v) is 7.54. The molecule has 7 heteroatoms. The van der Waals surface area contributed by atoms with E-state index < -0.39 is 17.8 Å². The van der Waals surface area contributed by atoms with E-state index in [1.807, 2.05) is 18.2 Å². The summed E-state index contributed by atoms with van der Waals surface area (Å²) < 4.78 is 43.6. The first-order chi connectivity index (χ1) is 11.9. The second kappa shape index (κ2) is 8.45. The maximum absolute atomic E-state index is 12.9. The minimum absolute atomic E-state index is 0.0899. The highest BCUT2D eigenvalue weighted by Gasteiger charge is 2.32. The van der Waals surface area contributed by atoms with Crippen molar-refractivity contribution in [3.8, 4) is 11.8 Å². The number of amides is 1. The zero-order chi connectivity index (χ0) is 18.3. The summed E-state index contributed by atoms with van der Waals surface area (Å²) in [5, 5.41) is 2.49. The SMILES string of the molecule is O=C(NCC#Cc1cc(Cl)ccc1C(F)(F)F)OCc1ccccc1. The van der Waals surface area contributed by atoms with Crippen LogP contribution in [0.3, 0.4) is 0 Å². The molecule has 0 aromatic heterocycles. The molecule has 0 heterocycles. The normalized spacial score (nSPS) is 10.6. The van der Waals surface area contributed by atoms with Gasteiger partial charge in [-0.1, -0.05) is 53.8 Å². The summed E-state index contributed by atoms with van der Waals surface area (Å²) in [6, 6.07) is 12.2. The Morgan fingerprint density at radius 2 is 1.88 bits per heavy atom. The molecule has 2 rings (SSSR count). The van der Waals surface area contributed by atoms with Crippen LogP contribution in [0.5, 0.6) is 0 Å². The number of halogens is 4. The van der Waals surface area contributed by atoms with Crippen LogP contribution < -0.4 is 5.32 Å². The first kappa shape index (κ1) is 18.7. The number of benzene rings is 2. The van der Waals surface area contributed by atoms with E-state index in [9.17, 15) is 18.0 Å². The van der Waals surface area contributed by atoms with E-state index in [4.69, 9.17) is 16.3 Å². The monoisotopic (exact) mass is 367 g/mol. The molecule has 2 aromatic carbocycles. The van der Waals surface area contributed by atoms with Crippen molar-refractivity contribution in [2.24, 2.45) is 0 Å². The predicted molar refractivity (Wildman–Crippen MR) is 88.0 cm³/mol. The average Bonchev–Trinajstić information content (AvgIpc) is 2.57. The Bertz CT molecular complexity index is 795. The number of hydrogen-bond donors (Lipinski definition) is 1. The lowest BCUT2D eigenvalue weighted by Gasteiger charge is -2.09. The third-order valence-electron chi connectivity index (χ3n) is 3.04. The van der Waals surface area contributed by atoms with Gasteiger partial charge in [-0.2, -0.15) is 13.2 Å². The van der Waals surface area contributed by atoms with E-state index in [0.717, 1.165) is 23.8 Å². The van der Waals surface area contributed by atoms with Crippen LogP contribution in [-0.4, -0.2) is 12.6 Å². The molecule has 0 radical (unpaired) electrons. The molecular weight excluding hydrogens is 355 g/mol. The Morgan fingerprint density at radius 3 is 2.56 bits per heavy atom. The van der Waals surface area contributed by atoms with Gasteiger partial charge in [0.25, 0.3) is 0 Å². The molecule has 0 saturated heterocycles. The number of carbonyl (C=O) groups excluding carboxylic acids is 1. The maximum Gasteiger partial charge on any atom is 0.417 e. The summed E-state index contributed by atoms with van der Waals surface area (Å²) in [5.41, 5.74) is -0.312. The summed E-state index contributed by atoms with van der Waals surface area (Å²) in [6.07, 6.45) is -5.24. The van der Waals surface area contributed by atoms with E-state index in [1.165, 1.54) is 0 Å². The molecule has 0 atom stereocenters. The number of hydrogen-bond acceptors (Lipinski definition) is 2. The minimum Gasteiger partial charge on any atom is -0.445 e. The van der Waals surface area contributed by atoms with Gasteiger partial charge in [0.15, 0.2) is 0 Å². The van der Waals surface area contributed by atoms with Gasteiger partial charge in [0.1, 0.15) is 6.61 Å². The van der Waals surface area contributed by atoms with Crippen LogP contribution >= 0.6 is 11.6 Å². The van der Waals surface area contributed by atoms with E-state index in [2.05, 4.69) is 17.2 Å². The van der Waals surface area contributed by atoms with Gasteiger partial charge in [0, 0.05) is 10.6 Å². The third kappa shape index (κ3) is 6.05. The van der Waals surface area contributed by atoms with Crippen LogP contribution in [0, 0.1) is 11.8 Å². The van der Waals surface area contributed by atoms with Gasteiger partial charge in [-0.05, 0) is 23.8 Å². The Hall–Kier alpha value is -2.65. The summed E-state index contributed by atoms with van der Waals surface area (Å²) in [4.78, 5) is 11.5. The van der Waals surface area contributed by atoms with Crippen LogP contribution in [0.2, 0.25) is 5.02 Å². The van der Waals surface area contributed by atoms with Crippen LogP contribution in [0.25, 0.3) is 0 Å². The summed E-state index contributed by atoms with van der Waals surface area (Å²) in [7, 11) is 0. The fourth-order valence-corrected chi connectivity index (χ4v) is 2.07. The van der Waals surface area contributed by atoms with Crippen LogP contribution in [0.15, 0.2) is 48.5 Å². The van der Waals surface area contributed by atoms with Crippen molar-refractivity contribution in [2.75, 3.05) is 6.54 Å². The number of rotatable bonds is 3. The van der Waals surface area contributed by atoms with Crippen molar-refractivity contribution < 1.29 is 22.7 Å². The fraction of sp³-hybridized carbons (Fsp3) is 0.167. The molecule has 130 valence electrons. The van der Waals surface area contributed by atoms with E-state index in [1.54, 1.807) is 12.1 Å². The van der Waals surface area contributed by atoms with Crippen LogP contribution in [0.1, 0.15) is 16.7 Å². The Labute approximate surface area is 147 Å². The minimum atomic E-state index is -4.53. The molecular formula is C18H13ClF3NO2. The van der Waals surface area contributed by atoms with E-state index in [0.29, 0.717) is 0 Å². The Kier molecular flexibility index (Phi) is 6.31. The lowest BCUT2D eigenvalue weighted by Crippen LogP contribution is -2.24. The number of nitrogens with one attached hydrogen (secondary N) is 1. The molecule has 0 aliphatic carbocycles. The molecule has 0 unspecified atom stereocenters. The molecule has 25 heavy (non-hydrogen) atoms. The van der Waals surface area contributed by atoms with Crippen molar-refractivity contribution in [1.29, 1.82) is 0 Å². The van der Waals surface area contributed by atoms with Crippen molar-refractivity contribution in [2.45, 2.75) is 12.8 Å². The number of alkyl carbamates (subject to hydrolysis) is 1. The smallest absolute Gasteiger partial charge is 0.417 e. The van der Waals surface area contributed by atoms with Gasteiger partial charge in [-0.3, -0.25) is 0 Å². The van der Waals surface area contributed by atoms with Crippen molar-refractivity contribution in [3.63, 3.8) is 0 Å². The highest BCUT2D eigenvalue weighted by atomic mass is 35.5. The standard InChI is InChI=1S/C18H13ClF3NO2/c19-15-8-9-16(18(20,21)22)14(11-15)7-4-10-23-17(24)25-12-13-5-2-1-3-6-13/h1-3,5-6,8-9,11H,10,12H2,(H,23,24). The lowest BCUT2D eigenvalue weighted by molar-refractivity contribution is -0.137. The zero-order valence-corrected chi connectivity index (χ0v) is 13.6. The van der Waals surface area contributed by atoms with Crippen molar-refractivity contribution in [1.82, 2.24) is 5.32 Å². The van der Waals surface area contributed by atoms with Gasteiger partial charge < -0.3 is 10.1 Å². The van der Waals surface area contributed by atoms with Gasteiger partial charge in [-0.15, -0.1) is 0 Å². The molecule has 0 aliphatic heterocycles. The molecule has 0 bridgehead atoms. The molecule has 2 aromatic rings. The zero-order valence-electron chi connectivity index (χ0n) is 12.9. The number of alkyl halides is 3. The maximum atomic E-state index is 12.9. The molecule has 1 N–H and O–H groups in total. The van der Waals surface area contributed by atoms with Gasteiger partial charge in [0.05, 0.1) is 12.1 Å². The third-order valence-corrected chi connectivity index (χ3v) is 3.28. The number of ether oxygens (including phenoxy) is 1. The molecule has 0 fully saturated rings. The molecule has 0 saturated carbocycles. The molecule has 3 nitrogen and oxygen atoms in total. The second-order valence-electron chi connectivity index (χ2n) is 4.90. The van der Waals surface area contributed by atoms with Gasteiger partial charge >= 0.3 is 12.3 Å². The lowest BCUT2D eigenvalue weighted by atomic mass is 10.1. The summed E-state index contributed by atoms with van der Waals surface area (Å²) >= 11 is 5.70. The van der Waals surface area contributed by atoms with Gasteiger partial charge in [-0.25, -0.2) is 4.79 Å². The van der Waals surface area contributed by atoms with Crippen LogP contribution in [0.4, 0.5) is 18.0 Å². The highest BCUT2D eigenvalue weighted by molar-refractivity contribution is 6.30. The largest absolute Gasteiger partial charge is 0.445 e. The predicted octanol–water partition coefficient (Wildman–Crippen LogP) is 4.64. The topological polar surface area (TPSA) is 38.3 Å². The number of carbonyl (C=O) groups is 1. The fourth-order valence-electron chi connectivity index (χ4n) is 1.90. The highest BCUT2D eigenvalue weighted by Crippen LogP contribution is 2.32. The van der Waals surface area contributed by atoms with E-state index >= 15 is 0 Å². The summed E-state index contributed by atoms with van der Waals surface area (Å²) in [5.74, 6) is 4.81. The Morgan fingerprint density at radius 1 is 1.16 bits per heavy atom. The van der Waals surface area contributed by atoms with Crippen LogP contribution in [-0.2, 0) is 17.5 Å². The van der Waals surface area contributed by atoms with Crippen molar-refractivity contribution in [3.05, 3.63) is 70.2 Å². The Balaban J connectivity index is 1.90.